The number of rotatable bonds is 2. The lowest BCUT2D eigenvalue weighted by molar-refractivity contribution is -0.0755. The van der Waals surface area contributed by atoms with Gasteiger partial charge in [-0.15, -0.1) is 0 Å². The van der Waals surface area contributed by atoms with Gasteiger partial charge in [-0.1, -0.05) is 0 Å². The van der Waals surface area contributed by atoms with Gasteiger partial charge in [-0.2, -0.15) is 0 Å². The molecule has 122 valence electrons. The van der Waals surface area contributed by atoms with Crippen molar-refractivity contribution in [2.45, 2.75) is 43.8 Å². The molecule has 0 radical (unpaired) electrons. The summed E-state index contributed by atoms with van der Waals surface area (Å²) in [5, 5.41) is 10.4. The van der Waals surface area contributed by atoms with Crippen molar-refractivity contribution >= 4 is 5.95 Å². The second kappa shape index (κ2) is 6.42. The zero-order chi connectivity index (χ0) is 15.6. The maximum atomic E-state index is 13.3. The van der Waals surface area contributed by atoms with Crippen LogP contribution in [0.3, 0.4) is 0 Å². The van der Waals surface area contributed by atoms with Gasteiger partial charge in [0.25, 0.3) is 5.92 Å². The van der Waals surface area contributed by atoms with Gasteiger partial charge >= 0.3 is 0 Å². The molecule has 0 amide bonds. The molecule has 1 aromatic heterocycles. The average Bonchev–Trinajstić information content (AvgIpc) is 2.71. The molecule has 2 fully saturated rings. The fourth-order valence-corrected chi connectivity index (χ4v) is 3.34. The Morgan fingerprint density at radius 1 is 1.05 bits per heavy atom. The monoisotopic (exact) mass is 312 g/mol. The molecule has 3 heterocycles. The minimum Gasteiger partial charge on any atom is -0.391 e. The molecule has 0 aliphatic carbocycles. The molecule has 2 atom stereocenters. The summed E-state index contributed by atoms with van der Waals surface area (Å²) >= 11 is 0. The van der Waals surface area contributed by atoms with Crippen molar-refractivity contribution < 1.29 is 13.9 Å². The van der Waals surface area contributed by atoms with Gasteiger partial charge in [-0.3, -0.25) is 4.90 Å². The quantitative estimate of drug-likeness (QED) is 0.898. The minimum atomic E-state index is -2.55. The standard InChI is InChI=1S/C15H22F2N4O/c16-15(17)4-10-20(11-5-15)12-2-8-21(9-3-13(12)22)14-18-6-1-7-19-14/h1,6-7,12-13,22H,2-5,8-11H2/t12-,13-/m0/s1. The number of hydrogen-bond donors (Lipinski definition) is 1. The fraction of sp³-hybridized carbons (Fsp3) is 0.733. The maximum absolute atomic E-state index is 13.3. The number of aliphatic hydroxyl groups excluding tert-OH is 1. The third-order valence-corrected chi connectivity index (χ3v) is 4.67. The molecule has 2 saturated heterocycles. The smallest absolute Gasteiger partial charge is 0.250 e. The number of likely N-dealkylation sites (tertiary alicyclic amines) is 1. The Labute approximate surface area is 129 Å². The van der Waals surface area contributed by atoms with Crippen LogP contribution >= 0.6 is 0 Å². The molecule has 7 heteroatoms. The SMILES string of the molecule is O[C@H]1CCN(c2ncccn2)CC[C@@H]1N1CCC(F)(F)CC1. The largest absolute Gasteiger partial charge is 0.391 e. The second-order valence-corrected chi connectivity index (χ2v) is 6.14. The van der Waals surface area contributed by atoms with Crippen molar-refractivity contribution in [2.75, 3.05) is 31.1 Å². The lowest BCUT2D eigenvalue weighted by Gasteiger charge is -2.38. The molecule has 1 N–H and O–H groups in total. The molecule has 22 heavy (non-hydrogen) atoms. The molecule has 5 nitrogen and oxygen atoms in total. The highest BCUT2D eigenvalue weighted by Gasteiger charge is 2.38. The number of nitrogens with zero attached hydrogens (tertiary/aromatic N) is 4. The van der Waals surface area contributed by atoms with Crippen LogP contribution in [-0.2, 0) is 0 Å². The highest BCUT2D eigenvalue weighted by Crippen LogP contribution is 2.30. The summed E-state index contributed by atoms with van der Waals surface area (Å²) in [6, 6.07) is 1.72. The van der Waals surface area contributed by atoms with E-state index in [9.17, 15) is 13.9 Å². The Hall–Kier alpha value is -1.34. The van der Waals surface area contributed by atoms with Gasteiger partial charge in [-0.25, -0.2) is 18.7 Å². The zero-order valence-electron chi connectivity index (χ0n) is 12.5. The van der Waals surface area contributed by atoms with Crippen LogP contribution in [-0.4, -0.2) is 64.2 Å². The minimum absolute atomic E-state index is 0.0511. The van der Waals surface area contributed by atoms with Gasteiger partial charge < -0.3 is 10.0 Å². The van der Waals surface area contributed by atoms with Gasteiger partial charge in [0, 0.05) is 57.5 Å². The number of alkyl halides is 2. The molecule has 0 spiro atoms. The number of hydrogen-bond acceptors (Lipinski definition) is 5. The Bertz CT molecular complexity index is 478. The summed E-state index contributed by atoms with van der Waals surface area (Å²) in [5.41, 5.74) is 0. The highest BCUT2D eigenvalue weighted by molar-refractivity contribution is 5.28. The lowest BCUT2D eigenvalue weighted by Crippen LogP contribution is -2.49. The summed E-state index contributed by atoms with van der Waals surface area (Å²) in [6.45, 7) is 2.14. The van der Waals surface area contributed by atoms with Crippen LogP contribution in [0.2, 0.25) is 0 Å². The van der Waals surface area contributed by atoms with Crippen LogP contribution in [0.15, 0.2) is 18.5 Å². The van der Waals surface area contributed by atoms with E-state index in [0.717, 1.165) is 13.0 Å². The van der Waals surface area contributed by atoms with E-state index in [1.165, 1.54) is 0 Å². The van der Waals surface area contributed by atoms with E-state index < -0.39 is 12.0 Å². The molecule has 0 unspecified atom stereocenters. The van der Waals surface area contributed by atoms with Crippen LogP contribution in [0.4, 0.5) is 14.7 Å². The summed E-state index contributed by atoms with van der Waals surface area (Å²) in [4.78, 5) is 12.6. The van der Waals surface area contributed by atoms with E-state index in [1.54, 1.807) is 18.5 Å². The van der Waals surface area contributed by atoms with Crippen LogP contribution in [0.1, 0.15) is 25.7 Å². The molecule has 2 aliphatic heterocycles. The van der Waals surface area contributed by atoms with E-state index in [4.69, 9.17) is 0 Å². The topological polar surface area (TPSA) is 52.5 Å². The average molecular weight is 312 g/mol. The van der Waals surface area contributed by atoms with Gasteiger partial charge in [0.2, 0.25) is 5.95 Å². The zero-order valence-corrected chi connectivity index (χ0v) is 12.5. The molecule has 0 saturated carbocycles. The summed E-state index contributed by atoms with van der Waals surface area (Å²) in [6.07, 6.45) is 4.05. The van der Waals surface area contributed by atoms with Crippen molar-refractivity contribution in [1.82, 2.24) is 14.9 Å². The first kappa shape index (κ1) is 15.6. The Morgan fingerprint density at radius 2 is 1.68 bits per heavy atom. The fourth-order valence-electron chi connectivity index (χ4n) is 3.34. The Kier molecular flexibility index (Phi) is 4.54. The van der Waals surface area contributed by atoms with Crippen molar-refractivity contribution in [3.63, 3.8) is 0 Å². The number of aliphatic hydroxyl groups is 1. The van der Waals surface area contributed by atoms with Crippen LogP contribution < -0.4 is 4.90 Å². The number of anilines is 1. The molecule has 3 rings (SSSR count). The van der Waals surface area contributed by atoms with Crippen LogP contribution in [0, 0.1) is 0 Å². The third kappa shape index (κ3) is 3.52. The molecule has 1 aromatic rings. The molecule has 0 aromatic carbocycles. The van der Waals surface area contributed by atoms with Gasteiger partial charge in [0.15, 0.2) is 0 Å². The van der Waals surface area contributed by atoms with E-state index >= 15 is 0 Å². The van der Waals surface area contributed by atoms with E-state index in [0.29, 0.717) is 32.0 Å². The highest BCUT2D eigenvalue weighted by atomic mass is 19.3. The lowest BCUT2D eigenvalue weighted by atomic mass is 9.99. The van der Waals surface area contributed by atoms with Gasteiger partial charge in [0.1, 0.15) is 0 Å². The summed E-state index contributed by atoms with van der Waals surface area (Å²) in [7, 11) is 0. The van der Waals surface area contributed by atoms with E-state index in [1.807, 2.05) is 4.90 Å². The summed E-state index contributed by atoms with van der Waals surface area (Å²) < 4.78 is 26.6. The van der Waals surface area contributed by atoms with E-state index in [-0.39, 0.29) is 18.9 Å². The van der Waals surface area contributed by atoms with Crippen LogP contribution in [0.5, 0.6) is 0 Å². The first-order valence-electron chi connectivity index (χ1n) is 7.87. The first-order valence-corrected chi connectivity index (χ1v) is 7.87. The van der Waals surface area contributed by atoms with Gasteiger partial charge in [-0.05, 0) is 18.9 Å². The number of piperidine rings is 1. The summed E-state index contributed by atoms with van der Waals surface area (Å²) in [5.74, 6) is -1.88. The Balaban J connectivity index is 1.63. The molecular weight excluding hydrogens is 290 g/mol. The Morgan fingerprint density at radius 3 is 2.36 bits per heavy atom. The predicted molar refractivity (Wildman–Crippen MR) is 79.0 cm³/mol. The van der Waals surface area contributed by atoms with Crippen LogP contribution in [0.25, 0.3) is 0 Å². The van der Waals surface area contributed by atoms with Crippen molar-refractivity contribution in [3.05, 3.63) is 18.5 Å². The molecule has 0 bridgehead atoms. The third-order valence-electron chi connectivity index (χ3n) is 4.67. The van der Waals surface area contributed by atoms with E-state index in [2.05, 4.69) is 14.9 Å². The second-order valence-electron chi connectivity index (χ2n) is 6.14. The van der Waals surface area contributed by atoms with Crippen molar-refractivity contribution in [2.24, 2.45) is 0 Å². The molecule has 2 aliphatic rings. The van der Waals surface area contributed by atoms with Gasteiger partial charge in [0.05, 0.1) is 6.10 Å². The number of halogens is 2. The normalized spacial score (nSPS) is 30.0. The first-order chi connectivity index (χ1) is 10.6. The predicted octanol–water partition coefficient (Wildman–Crippen LogP) is 1.54. The van der Waals surface area contributed by atoms with Crippen molar-refractivity contribution in [3.8, 4) is 0 Å². The van der Waals surface area contributed by atoms with Crippen molar-refractivity contribution in [1.29, 1.82) is 0 Å². The molecular formula is C15H22F2N4O. The number of aromatic nitrogens is 2. The maximum Gasteiger partial charge on any atom is 0.250 e.